The van der Waals surface area contributed by atoms with Gasteiger partial charge in [0.05, 0.1) is 12.2 Å². The second-order valence-electron chi connectivity index (χ2n) is 8.78. The van der Waals surface area contributed by atoms with Crippen molar-refractivity contribution in [3.8, 4) is 0 Å². The highest BCUT2D eigenvalue weighted by atomic mass is 32.2. The number of thioether (sulfide) groups is 1. The van der Waals surface area contributed by atoms with Gasteiger partial charge in [0.15, 0.2) is 0 Å². The number of piperidine rings is 1. The SMILES string of the molecule is O=C1CCCC(=O)N1N1C(=O)c2ccccc2C1SCc1csc(CN2CCCCCC2)n1. The molecule has 1 unspecified atom stereocenters. The summed E-state index contributed by atoms with van der Waals surface area (Å²) in [6.07, 6.45) is 6.26. The van der Waals surface area contributed by atoms with Crippen LogP contribution in [0, 0.1) is 0 Å². The summed E-state index contributed by atoms with van der Waals surface area (Å²) in [5, 5.41) is 5.26. The molecule has 4 heterocycles. The fraction of sp³-hybridized carbons (Fsp3) is 0.500. The average molecular weight is 485 g/mol. The third-order valence-corrected chi connectivity index (χ3v) is 8.52. The molecule has 2 saturated heterocycles. The molecule has 9 heteroatoms. The minimum atomic E-state index is -0.421. The van der Waals surface area contributed by atoms with E-state index >= 15 is 0 Å². The number of likely N-dealkylation sites (tertiary alicyclic amines) is 1. The highest BCUT2D eigenvalue weighted by molar-refractivity contribution is 7.98. The molecule has 7 nitrogen and oxygen atoms in total. The van der Waals surface area contributed by atoms with Crippen LogP contribution < -0.4 is 0 Å². The van der Waals surface area contributed by atoms with Crippen LogP contribution in [0.1, 0.15) is 76.9 Å². The number of hydrazine groups is 1. The lowest BCUT2D eigenvalue weighted by molar-refractivity contribution is -0.164. The van der Waals surface area contributed by atoms with Crippen molar-refractivity contribution in [2.75, 3.05) is 13.1 Å². The van der Waals surface area contributed by atoms with E-state index in [0.717, 1.165) is 40.9 Å². The Labute approximate surface area is 202 Å². The first-order valence-corrected chi connectivity index (χ1v) is 13.6. The van der Waals surface area contributed by atoms with Gasteiger partial charge < -0.3 is 0 Å². The fourth-order valence-corrected chi connectivity index (χ4v) is 6.88. The molecule has 0 spiro atoms. The first-order chi connectivity index (χ1) is 16.1. The van der Waals surface area contributed by atoms with Crippen molar-refractivity contribution in [3.05, 3.63) is 51.5 Å². The average Bonchev–Trinajstić information content (AvgIpc) is 3.25. The summed E-state index contributed by atoms with van der Waals surface area (Å²) in [5.41, 5.74) is 2.38. The molecule has 2 fully saturated rings. The van der Waals surface area contributed by atoms with E-state index in [1.165, 1.54) is 30.7 Å². The van der Waals surface area contributed by atoms with Gasteiger partial charge in [-0.1, -0.05) is 31.0 Å². The van der Waals surface area contributed by atoms with E-state index < -0.39 is 5.37 Å². The normalized spacial score (nSPS) is 22.1. The Morgan fingerprint density at radius 2 is 1.70 bits per heavy atom. The number of nitrogens with zero attached hydrogens (tertiary/aromatic N) is 4. The molecule has 3 aliphatic rings. The molecule has 5 rings (SSSR count). The number of hydrogen-bond acceptors (Lipinski definition) is 7. The van der Waals surface area contributed by atoms with Crippen molar-refractivity contribution in [2.45, 2.75) is 62.6 Å². The van der Waals surface area contributed by atoms with Gasteiger partial charge in [-0.3, -0.25) is 19.3 Å². The number of thiazole rings is 1. The van der Waals surface area contributed by atoms with E-state index in [1.54, 1.807) is 29.2 Å². The summed E-state index contributed by atoms with van der Waals surface area (Å²) >= 11 is 3.22. The van der Waals surface area contributed by atoms with Crippen molar-refractivity contribution in [1.29, 1.82) is 0 Å². The Balaban J connectivity index is 1.32. The van der Waals surface area contributed by atoms with Crippen LogP contribution in [0.15, 0.2) is 29.6 Å². The number of carbonyl (C=O) groups excluding carboxylic acids is 3. The Hall–Kier alpha value is -2.23. The highest BCUT2D eigenvalue weighted by Crippen LogP contribution is 2.44. The van der Waals surface area contributed by atoms with Gasteiger partial charge in [0.25, 0.3) is 5.91 Å². The molecule has 0 bridgehead atoms. The van der Waals surface area contributed by atoms with E-state index in [0.29, 0.717) is 17.7 Å². The lowest BCUT2D eigenvalue weighted by Crippen LogP contribution is -2.53. The Kier molecular flexibility index (Phi) is 6.80. The molecular weight excluding hydrogens is 456 g/mol. The molecule has 0 radical (unpaired) electrons. The highest BCUT2D eigenvalue weighted by Gasteiger charge is 2.45. The predicted octanol–water partition coefficient (Wildman–Crippen LogP) is 4.36. The maximum absolute atomic E-state index is 13.2. The minimum Gasteiger partial charge on any atom is -0.297 e. The van der Waals surface area contributed by atoms with Gasteiger partial charge in [0.1, 0.15) is 10.4 Å². The third-order valence-electron chi connectivity index (χ3n) is 6.40. The van der Waals surface area contributed by atoms with E-state index in [4.69, 9.17) is 4.98 Å². The lowest BCUT2D eigenvalue weighted by Gasteiger charge is -2.36. The van der Waals surface area contributed by atoms with Crippen LogP contribution in [-0.4, -0.2) is 50.7 Å². The van der Waals surface area contributed by atoms with Gasteiger partial charge in [-0.05, 0) is 44.0 Å². The summed E-state index contributed by atoms with van der Waals surface area (Å²) < 4.78 is 0. The van der Waals surface area contributed by atoms with Crippen LogP contribution in [-0.2, 0) is 21.9 Å². The third kappa shape index (κ3) is 4.72. The van der Waals surface area contributed by atoms with Crippen molar-refractivity contribution >= 4 is 40.8 Å². The molecule has 1 aromatic heterocycles. The molecule has 174 valence electrons. The van der Waals surface area contributed by atoms with Crippen LogP contribution in [0.2, 0.25) is 0 Å². The van der Waals surface area contributed by atoms with Gasteiger partial charge in [-0.25, -0.2) is 9.99 Å². The van der Waals surface area contributed by atoms with Crippen molar-refractivity contribution < 1.29 is 14.4 Å². The zero-order valence-corrected chi connectivity index (χ0v) is 20.2. The topological polar surface area (TPSA) is 73.8 Å². The molecule has 2 aromatic rings. The summed E-state index contributed by atoms with van der Waals surface area (Å²) in [6.45, 7) is 3.16. The maximum Gasteiger partial charge on any atom is 0.274 e. The van der Waals surface area contributed by atoms with E-state index in [1.807, 2.05) is 18.2 Å². The quantitative estimate of drug-likeness (QED) is 0.567. The molecule has 0 aliphatic carbocycles. The molecule has 0 N–H and O–H groups in total. The molecule has 3 amide bonds. The molecule has 1 atom stereocenters. The summed E-state index contributed by atoms with van der Waals surface area (Å²) in [5.74, 6) is -0.278. The summed E-state index contributed by atoms with van der Waals surface area (Å²) in [7, 11) is 0. The maximum atomic E-state index is 13.2. The monoisotopic (exact) mass is 484 g/mol. The first-order valence-electron chi connectivity index (χ1n) is 11.7. The fourth-order valence-electron chi connectivity index (χ4n) is 4.74. The number of fused-ring (bicyclic) bond motifs is 1. The summed E-state index contributed by atoms with van der Waals surface area (Å²) in [4.78, 5) is 45.8. The van der Waals surface area contributed by atoms with Gasteiger partial charge in [-0.15, -0.1) is 23.1 Å². The first kappa shape index (κ1) is 22.6. The van der Waals surface area contributed by atoms with Gasteiger partial charge in [0.2, 0.25) is 11.8 Å². The molecule has 3 aliphatic heterocycles. The van der Waals surface area contributed by atoms with Crippen LogP contribution >= 0.6 is 23.1 Å². The minimum absolute atomic E-state index is 0.285. The van der Waals surface area contributed by atoms with Crippen LogP contribution in [0.3, 0.4) is 0 Å². The predicted molar refractivity (Wildman–Crippen MR) is 128 cm³/mol. The second kappa shape index (κ2) is 9.95. The lowest BCUT2D eigenvalue weighted by atomic mass is 10.1. The molecular formula is C24H28N4O3S2. The van der Waals surface area contributed by atoms with Gasteiger partial charge in [0, 0.05) is 29.5 Å². The zero-order valence-electron chi connectivity index (χ0n) is 18.6. The Morgan fingerprint density at radius 1 is 0.970 bits per heavy atom. The van der Waals surface area contributed by atoms with Crippen LogP contribution in [0.25, 0.3) is 0 Å². The Bertz CT molecular complexity index is 1030. The van der Waals surface area contributed by atoms with E-state index in [-0.39, 0.29) is 30.6 Å². The number of imide groups is 1. The number of rotatable bonds is 6. The number of aromatic nitrogens is 1. The zero-order chi connectivity index (χ0) is 22.8. The number of hydrogen-bond donors (Lipinski definition) is 0. The van der Waals surface area contributed by atoms with E-state index in [9.17, 15) is 14.4 Å². The van der Waals surface area contributed by atoms with Crippen LogP contribution in [0.5, 0.6) is 0 Å². The number of amides is 3. The smallest absolute Gasteiger partial charge is 0.274 e. The number of benzene rings is 1. The van der Waals surface area contributed by atoms with Gasteiger partial charge >= 0.3 is 0 Å². The van der Waals surface area contributed by atoms with Crippen LogP contribution in [0.4, 0.5) is 0 Å². The Morgan fingerprint density at radius 3 is 2.45 bits per heavy atom. The molecule has 33 heavy (non-hydrogen) atoms. The molecule has 0 saturated carbocycles. The van der Waals surface area contributed by atoms with E-state index in [2.05, 4.69) is 10.3 Å². The standard InChI is InChI=1S/C24H28N4O3S2/c29-21-10-7-11-22(30)27(21)28-23(31)18-8-3-4-9-19(18)24(28)33-16-17-15-32-20(25-17)14-26-12-5-1-2-6-13-26/h3-4,8-9,15,24H,1-2,5-7,10-14,16H2. The van der Waals surface area contributed by atoms with Gasteiger partial charge in [-0.2, -0.15) is 5.01 Å². The van der Waals surface area contributed by atoms with Crippen molar-refractivity contribution in [1.82, 2.24) is 19.9 Å². The summed E-state index contributed by atoms with van der Waals surface area (Å²) in [6, 6.07) is 7.39. The number of carbonyl (C=O) groups is 3. The van der Waals surface area contributed by atoms with Crippen molar-refractivity contribution in [3.63, 3.8) is 0 Å². The molecule has 1 aromatic carbocycles. The largest absolute Gasteiger partial charge is 0.297 e. The van der Waals surface area contributed by atoms with Crippen molar-refractivity contribution in [2.24, 2.45) is 0 Å². The second-order valence-corrected chi connectivity index (χ2v) is 10.8.